The molecule has 1 aliphatic heterocycles. The Labute approximate surface area is 256 Å². The van der Waals surface area contributed by atoms with E-state index in [1.165, 1.54) is 45.1 Å². The predicted molar refractivity (Wildman–Crippen MR) is 177 cm³/mol. The van der Waals surface area contributed by atoms with Crippen LogP contribution in [0.25, 0.3) is 11.3 Å². The lowest BCUT2D eigenvalue weighted by molar-refractivity contribution is -0.0987. The van der Waals surface area contributed by atoms with Crippen LogP contribution in [0, 0.1) is 25.6 Å². The van der Waals surface area contributed by atoms with Gasteiger partial charge >= 0.3 is 0 Å². The molecule has 0 amide bonds. The highest BCUT2D eigenvalue weighted by molar-refractivity contribution is 5.80. The van der Waals surface area contributed by atoms with Crippen LogP contribution in [0.1, 0.15) is 43.5 Å². The van der Waals surface area contributed by atoms with Crippen LogP contribution in [0.5, 0.6) is 11.5 Å². The molecule has 9 nitrogen and oxygen atoms in total. The Morgan fingerprint density at radius 2 is 1.60 bits per heavy atom. The second-order valence-electron chi connectivity index (χ2n) is 9.57. The second kappa shape index (κ2) is 23.3. The molecule has 238 valence electrons. The molecule has 43 heavy (non-hydrogen) atoms. The smallest absolute Gasteiger partial charge is 0.164 e. The number of anilines is 1. The molecule has 5 N–H and O–H groups in total. The third-order valence-electron chi connectivity index (χ3n) is 6.36. The molecule has 0 radical (unpaired) electrons. The lowest BCUT2D eigenvalue weighted by Crippen LogP contribution is -2.28. The maximum Gasteiger partial charge on any atom is 0.164 e. The summed E-state index contributed by atoms with van der Waals surface area (Å²) in [5.74, 6) is 0.358. The van der Waals surface area contributed by atoms with E-state index >= 15 is 0 Å². The first-order valence-electron chi connectivity index (χ1n) is 13.7. The molecular formula is C33H50FN5O4. The highest BCUT2D eigenvalue weighted by Crippen LogP contribution is 2.26. The number of phenols is 2. The van der Waals surface area contributed by atoms with Gasteiger partial charge in [-0.1, -0.05) is 37.8 Å². The van der Waals surface area contributed by atoms with Crippen molar-refractivity contribution in [2.75, 3.05) is 39.5 Å². The van der Waals surface area contributed by atoms with Crippen LogP contribution in [-0.2, 0) is 9.59 Å². The minimum Gasteiger partial charge on any atom is -0.507 e. The average Bonchev–Trinajstić information content (AvgIpc) is 3.41. The Balaban J connectivity index is 0. The van der Waals surface area contributed by atoms with E-state index in [0.717, 1.165) is 39.7 Å². The van der Waals surface area contributed by atoms with Gasteiger partial charge in [-0.15, -0.1) is 0 Å². The van der Waals surface area contributed by atoms with E-state index in [-0.39, 0.29) is 11.5 Å². The molecule has 0 unspecified atom stereocenters. The van der Waals surface area contributed by atoms with Gasteiger partial charge in [0.1, 0.15) is 19.3 Å². The zero-order valence-electron chi connectivity index (χ0n) is 26.7. The summed E-state index contributed by atoms with van der Waals surface area (Å²) in [6, 6.07) is 11.4. The third-order valence-corrected chi connectivity index (χ3v) is 6.36. The van der Waals surface area contributed by atoms with Crippen molar-refractivity contribution in [2.45, 2.75) is 40.5 Å². The van der Waals surface area contributed by atoms with Gasteiger partial charge in [0.25, 0.3) is 0 Å². The van der Waals surface area contributed by atoms with Gasteiger partial charge in [-0.05, 0) is 102 Å². The number of hydrogen-bond donors (Lipinski definition) is 4. The third kappa shape index (κ3) is 15.0. The first kappa shape index (κ1) is 40.9. The second-order valence-corrected chi connectivity index (χ2v) is 9.57. The number of aromatic nitrogens is 2. The summed E-state index contributed by atoms with van der Waals surface area (Å²) in [5.41, 5.74) is 9.80. The summed E-state index contributed by atoms with van der Waals surface area (Å²) in [6.07, 6.45) is 6.50. The number of nitrogens with one attached hydrogen (secondary N) is 1. The number of carbonyl (C=O) groups excluding carboxylic acids is 2. The summed E-state index contributed by atoms with van der Waals surface area (Å²) < 4.78 is 14.1. The minimum absolute atomic E-state index is 0.231. The van der Waals surface area contributed by atoms with E-state index in [9.17, 15) is 9.50 Å². The number of benzene rings is 2. The maximum absolute atomic E-state index is 12.2. The van der Waals surface area contributed by atoms with Crippen LogP contribution in [-0.4, -0.2) is 72.7 Å². The number of hydrogen-bond acceptors (Lipinski definition) is 8. The van der Waals surface area contributed by atoms with Crippen LogP contribution in [0.2, 0.25) is 0 Å². The van der Waals surface area contributed by atoms with Crippen molar-refractivity contribution < 1.29 is 24.2 Å². The van der Waals surface area contributed by atoms with Gasteiger partial charge in [0.05, 0.1) is 17.6 Å². The number of piperidine rings is 1. The molecule has 4 rings (SSSR count). The molecule has 2 aromatic carbocycles. The first-order valence-corrected chi connectivity index (χ1v) is 13.7. The molecule has 3 aromatic rings. The largest absolute Gasteiger partial charge is 0.507 e. The number of nitrogens with zero attached hydrogens (tertiary/aromatic N) is 3. The number of likely N-dealkylation sites (tertiary alicyclic amines) is 1. The molecule has 0 bridgehead atoms. The summed E-state index contributed by atoms with van der Waals surface area (Å²) in [7, 11) is 5.57. The summed E-state index contributed by atoms with van der Waals surface area (Å²) in [4.78, 5) is 18.4. The molecule has 0 atom stereocenters. The number of phenolic OH excluding ortho intramolecular Hbond substituents is 2. The molecular weight excluding hydrogens is 549 g/mol. The lowest BCUT2D eigenvalue weighted by Gasteiger charge is -2.26. The Bertz CT molecular complexity index is 1230. The van der Waals surface area contributed by atoms with Gasteiger partial charge < -0.3 is 35.8 Å². The Hall–Kier alpha value is -4.28. The first-order chi connectivity index (χ1) is 20.5. The Morgan fingerprint density at radius 1 is 1.05 bits per heavy atom. The van der Waals surface area contributed by atoms with Crippen molar-refractivity contribution in [2.24, 2.45) is 11.7 Å². The van der Waals surface area contributed by atoms with Gasteiger partial charge in [0, 0.05) is 18.3 Å². The summed E-state index contributed by atoms with van der Waals surface area (Å²) >= 11 is 0. The quantitative estimate of drug-likeness (QED) is 0.272. The van der Waals surface area contributed by atoms with Crippen molar-refractivity contribution in [1.82, 2.24) is 14.7 Å². The van der Waals surface area contributed by atoms with Crippen LogP contribution >= 0.6 is 0 Å². The fraction of sp³-hybridized carbons (Fsp3) is 0.364. The monoisotopic (exact) mass is 599 g/mol. The van der Waals surface area contributed by atoms with Crippen molar-refractivity contribution in [1.29, 1.82) is 0 Å². The number of halogens is 1. The van der Waals surface area contributed by atoms with E-state index < -0.39 is 5.82 Å². The molecule has 1 aromatic heterocycles. The molecule has 10 heteroatoms. The molecule has 0 spiro atoms. The van der Waals surface area contributed by atoms with Crippen LogP contribution < -0.4 is 11.1 Å². The average molecular weight is 600 g/mol. The minimum atomic E-state index is -0.569. The lowest BCUT2D eigenvalue weighted by atomic mass is 10.00. The van der Waals surface area contributed by atoms with E-state index in [1.54, 1.807) is 31.3 Å². The molecule has 0 saturated carbocycles. The standard InChI is InChI=1S/C16H19N3O.C7H7FO.C7H15N.CH5N.2CH2O/c1-11(14-7-5-6-8-16(14)20)9-12(2)19-13(3)15(17-4)10-18-19;1-5-2-3-6(8)7(9)4-5;1-7-3-5-8(2)6-4-7;3*1-2/h5-10,17,20H,1H2,2-4H3;2-4,9H,1H3;7H,3-6H2,1-2H3;2H2,1H3;2*1H2/b12-9-;;;;;. The SMILES string of the molecule is C=C(/C=C(/C)n1ncc(NC)c1C)c1ccccc1O.C=O.C=O.CC1CCN(C)CC1.CN.Cc1ccc(F)c(O)c1. The Morgan fingerprint density at radius 3 is 2.05 bits per heavy atom. The van der Waals surface area contributed by atoms with E-state index in [4.69, 9.17) is 14.7 Å². The fourth-order valence-electron chi connectivity index (χ4n) is 3.91. The highest BCUT2D eigenvalue weighted by atomic mass is 19.1. The predicted octanol–water partition coefficient (Wildman–Crippen LogP) is 5.91. The fourth-order valence-corrected chi connectivity index (χ4v) is 3.91. The molecule has 1 aliphatic rings. The molecule has 1 saturated heterocycles. The van der Waals surface area contributed by atoms with Crippen molar-refractivity contribution in [3.8, 4) is 11.5 Å². The van der Waals surface area contributed by atoms with Crippen LogP contribution in [0.3, 0.4) is 0 Å². The van der Waals surface area contributed by atoms with Gasteiger partial charge in [-0.3, -0.25) is 0 Å². The van der Waals surface area contributed by atoms with Gasteiger partial charge in [0.2, 0.25) is 0 Å². The van der Waals surface area contributed by atoms with Gasteiger partial charge in [0.15, 0.2) is 11.6 Å². The van der Waals surface area contributed by atoms with E-state index in [2.05, 4.69) is 41.6 Å². The number of aromatic hydroxyl groups is 2. The number of allylic oxidation sites excluding steroid dienone is 3. The Kier molecular flexibility index (Phi) is 22.1. The zero-order chi connectivity index (χ0) is 33.5. The number of nitrogens with two attached hydrogens (primary N) is 1. The van der Waals surface area contributed by atoms with E-state index in [0.29, 0.717) is 0 Å². The summed E-state index contributed by atoms with van der Waals surface area (Å²) in [6.45, 7) is 18.7. The van der Waals surface area contributed by atoms with Gasteiger partial charge in [-0.2, -0.15) is 5.10 Å². The van der Waals surface area contributed by atoms with Crippen LogP contribution in [0.4, 0.5) is 10.1 Å². The highest BCUT2D eigenvalue weighted by Gasteiger charge is 2.11. The van der Waals surface area contributed by atoms with Crippen LogP contribution in [0.15, 0.2) is 61.3 Å². The number of aryl methyl sites for hydroxylation is 1. The number of para-hydroxylation sites is 1. The maximum atomic E-state index is 12.2. The molecule has 1 fully saturated rings. The zero-order valence-corrected chi connectivity index (χ0v) is 26.7. The van der Waals surface area contributed by atoms with Crippen molar-refractivity contribution in [3.63, 3.8) is 0 Å². The van der Waals surface area contributed by atoms with Gasteiger partial charge in [-0.25, -0.2) is 9.07 Å². The van der Waals surface area contributed by atoms with Crippen molar-refractivity contribution >= 4 is 30.5 Å². The number of carbonyl (C=O) groups is 2. The molecule has 0 aliphatic carbocycles. The van der Waals surface area contributed by atoms with Crippen molar-refractivity contribution in [3.05, 3.63) is 84.0 Å². The summed E-state index contributed by atoms with van der Waals surface area (Å²) in [5, 5.41) is 26.0. The molecule has 2 heterocycles. The normalized spacial score (nSPS) is 12.5. The number of rotatable bonds is 4. The topological polar surface area (TPSA) is 134 Å². The van der Waals surface area contributed by atoms with E-state index in [1.807, 2.05) is 57.4 Å².